The van der Waals surface area contributed by atoms with Gasteiger partial charge in [-0.2, -0.15) is 0 Å². The van der Waals surface area contributed by atoms with E-state index in [0.29, 0.717) is 15.6 Å². The largest absolute Gasteiger partial charge is 0.402 e. The van der Waals surface area contributed by atoms with Crippen LogP contribution in [0.15, 0.2) is 53.4 Å². The second kappa shape index (κ2) is 5.68. The Hall–Kier alpha value is -2.17. The Labute approximate surface area is 130 Å². The summed E-state index contributed by atoms with van der Waals surface area (Å²) in [7, 11) is 0. The van der Waals surface area contributed by atoms with Crippen molar-refractivity contribution >= 4 is 41.1 Å². The molecule has 6 heteroatoms. The van der Waals surface area contributed by atoms with Crippen LogP contribution in [0.2, 0.25) is 10.0 Å². The fourth-order valence-corrected chi connectivity index (χ4v) is 2.18. The lowest BCUT2D eigenvalue weighted by Gasteiger charge is -2.02. The summed E-state index contributed by atoms with van der Waals surface area (Å²) in [5.41, 5.74) is 1.42. The molecule has 0 fully saturated rings. The number of carbonyl (C=O) groups excluding carboxylic acids is 1. The van der Waals surface area contributed by atoms with Gasteiger partial charge < -0.3 is 4.74 Å². The molecule has 0 bridgehead atoms. The molecule has 2 aromatic rings. The topological polar surface area (TPSA) is 51.5 Å². The first-order valence-electron chi connectivity index (χ1n) is 6.01. The molecule has 0 N–H and O–H groups in total. The number of carbonyl (C=O) groups is 1. The number of benzene rings is 1. The molecule has 104 valence electrons. The van der Waals surface area contributed by atoms with Gasteiger partial charge in [-0.05, 0) is 35.9 Å². The van der Waals surface area contributed by atoms with E-state index in [2.05, 4.69) is 9.98 Å². The molecular weight excluding hydrogens is 311 g/mol. The maximum absolute atomic E-state index is 11.9. The number of rotatable bonds is 2. The third-order valence-corrected chi connectivity index (χ3v) is 3.33. The lowest BCUT2D eigenvalue weighted by molar-refractivity contribution is -0.129. The van der Waals surface area contributed by atoms with E-state index in [4.69, 9.17) is 27.9 Å². The lowest BCUT2D eigenvalue weighted by atomic mass is 10.2. The van der Waals surface area contributed by atoms with E-state index in [1.54, 1.807) is 42.7 Å². The van der Waals surface area contributed by atoms with Crippen LogP contribution in [-0.4, -0.2) is 16.9 Å². The third-order valence-electron chi connectivity index (χ3n) is 2.77. The number of aliphatic imine (C=N–C) groups is 1. The van der Waals surface area contributed by atoms with E-state index in [1.165, 1.54) is 0 Å². The second-order valence-corrected chi connectivity index (χ2v) is 5.09. The average molecular weight is 319 g/mol. The van der Waals surface area contributed by atoms with Crippen molar-refractivity contribution in [3.05, 3.63) is 69.6 Å². The van der Waals surface area contributed by atoms with Crippen LogP contribution in [0.3, 0.4) is 0 Å². The van der Waals surface area contributed by atoms with Crippen LogP contribution in [0.4, 0.5) is 0 Å². The number of pyridine rings is 1. The molecule has 21 heavy (non-hydrogen) atoms. The van der Waals surface area contributed by atoms with Gasteiger partial charge in [-0.15, -0.1) is 0 Å². The first-order chi connectivity index (χ1) is 10.1. The average Bonchev–Trinajstić information content (AvgIpc) is 2.84. The maximum Gasteiger partial charge on any atom is 0.363 e. The normalized spacial score (nSPS) is 16.0. The first kappa shape index (κ1) is 13.8. The van der Waals surface area contributed by atoms with Crippen molar-refractivity contribution in [2.75, 3.05) is 0 Å². The predicted octanol–water partition coefficient (Wildman–Crippen LogP) is 3.73. The minimum Gasteiger partial charge on any atom is -0.402 e. The molecular formula is C15H8Cl2N2O2. The number of cyclic esters (lactones) is 1. The highest BCUT2D eigenvalue weighted by molar-refractivity contribution is 6.36. The Morgan fingerprint density at radius 3 is 2.81 bits per heavy atom. The highest BCUT2D eigenvalue weighted by Gasteiger charge is 2.25. The minimum absolute atomic E-state index is 0.141. The molecule has 0 atom stereocenters. The molecule has 0 unspecified atom stereocenters. The second-order valence-electron chi connectivity index (χ2n) is 4.25. The predicted molar refractivity (Wildman–Crippen MR) is 81.3 cm³/mol. The number of esters is 1. The van der Waals surface area contributed by atoms with E-state index < -0.39 is 5.97 Å². The molecule has 1 aliphatic heterocycles. The highest BCUT2D eigenvalue weighted by Crippen LogP contribution is 2.26. The van der Waals surface area contributed by atoms with Gasteiger partial charge in [-0.1, -0.05) is 29.3 Å². The Balaban J connectivity index is 1.99. The summed E-state index contributed by atoms with van der Waals surface area (Å²) in [6, 6.07) is 8.46. The summed E-state index contributed by atoms with van der Waals surface area (Å²) in [5.74, 6) is -0.396. The number of hydrogen-bond acceptors (Lipinski definition) is 4. The molecule has 1 aromatic heterocycles. The van der Waals surface area contributed by atoms with Crippen LogP contribution in [0, 0.1) is 0 Å². The van der Waals surface area contributed by atoms with E-state index in [9.17, 15) is 4.79 Å². The Kier molecular flexibility index (Phi) is 3.73. The van der Waals surface area contributed by atoms with Crippen LogP contribution in [0.25, 0.3) is 6.08 Å². The van der Waals surface area contributed by atoms with Crippen molar-refractivity contribution in [3.63, 3.8) is 0 Å². The van der Waals surface area contributed by atoms with E-state index in [-0.39, 0.29) is 11.6 Å². The molecule has 0 amide bonds. The van der Waals surface area contributed by atoms with Crippen molar-refractivity contribution in [2.24, 2.45) is 4.99 Å². The quantitative estimate of drug-likeness (QED) is 0.626. The molecule has 1 aromatic carbocycles. The van der Waals surface area contributed by atoms with Crippen LogP contribution < -0.4 is 0 Å². The standard InChI is InChI=1S/C15H8Cl2N2O2/c16-10-3-4-12(17)11(7-10)14-19-13(15(20)21-14)6-9-2-1-5-18-8-9/h1-8H/b13-6-. The molecule has 0 spiro atoms. The van der Waals surface area contributed by atoms with Gasteiger partial charge in [-0.25, -0.2) is 9.79 Å². The van der Waals surface area contributed by atoms with Crippen molar-refractivity contribution in [1.82, 2.24) is 4.98 Å². The number of halogens is 2. The van der Waals surface area contributed by atoms with Gasteiger partial charge >= 0.3 is 5.97 Å². The van der Waals surface area contributed by atoms with Gasteiger partial charge in [0.1, 0.15) is 0 Å². The number of hydrogen-bond donors (Lipinski definition) is 0. The lowest BCUT2D eigenvalue weighted by Crippen LogP contribution is -2.06. The zero-order valence-corrected chi connectivity index (χ0v) is 12.1. The Morgan fingerprint density at radius 2 is 2.05 bits per heavy atom. The maximum atomic E-state index is 11.9. The monoisotopic (exact) mass is 318 g/mol. The Bertz CT molecular complexity index is 770. The van der Waals surface area contributed by atoms with E-state index in [1.807, 2.05) is 6.07 Å². The molecule has 0 radical (unpaired) electrons. The molecule has 0 saturated heterocycles. The van der Waals surface area contributed by atoms with Crippen LogP contribution in [0.5, 0.6) is 0 Å². The summed E-state index contributed by atoms with van der Waals surface area (Å²) >= 11 is 12.0. The van der Waals surface area contributed by atoms with Crippen molar-refractivity contribution in [3.8, 4) is 0 Å². The molecule has 0 saturated carbocycles. The molecule has 0 aliphatic carbocycles. The van der Waals surface area contributed by atoms with Gasteiger partial charge in [0.15, 0.2) is 5.70 Å². The van der Waals surface area contributed by atoms with Gasteiger partial charge in [0, 0.05) is 17.4 Å². The zero-order valence-electron chi connectivity index (χ0n) is 10.6. The number of ether oxygens (including phenoxy) is 1. The van der Waals surface area contributed by atoms with Crippen molar-refractivity contribution in [1.29, 1.82) is 0 Å². The third kappa shape index (κ3) is 2.96. The summed E-state index contributed by atoms with van der Waals surface area (Å²) in [5, 5.41) is 0.895. The summed E-state index contributed by atoms with van der Waals surface area (Å²) in [6.45, 7) is 0. The fourth-order valence-electron chi connectivity index (χ4n) is 1.80. The highest BCUT2D eigenvalue weighted by atomic mass is 35.5. The summed E-state index contributed by atoms with van der Waals surface area (Å²) < 4.78 is 5.15. The molecule has 3 rings (SSSR count). The van der Waals surface area contributed by atoms with Crippen molar-refractivity contribution in [2.45, 2.75) is 0 Å². The van der Waals surface area contributed by atoms with E-state index >= 15 is 0 Å². The zero-order chi connectivity index (χ0) is 14.8. The van der Waals surface area contributed by atoms with Crippen LogP contribution >= 0.6 is 23.2 Å². The minimum atomic E-state index is -0.537. The van der Waals surface area contributed by atoms with Gasteiger partial charge in [0.05, 0.1) is 10.6 Å². The first-order valence-corrected chi connectivity index (χ1v) is 6.77. The Morgan fingerprint density at radius 1 is 1.19 bits per heavy atom. The van der Waals surface area contributed by atoms with Crippen LogP contribution in [0.1, 0.15) is 11.1 Å². The number of aromatic nitrogens is 1. The van der Waals surface area contributed by atoms with Gasteiger partial charge in [-0.3, -0.25) is 4.98 Å². The fraction of sp³-hybridized carbons (Fsp3) is 0. The molecule has 2 heterocycles. The molecule has 1 aliphatic rings. The van der Waals surface area contributed by atoms with Gasteiger partial charge in [0.25, 0.3) is 0 Å². The van der Waals surface area contributed by atoms with Gasteiger partial charge in [0.2, 0.25) is 5.90 Å². The van der Waals surface area contributed by atoms with Crippen LogP contribution in [-0.2, 0) is 9.53 Å². The summed E-state index contributed by atoms with van der Waals surface area (Å²) in [6.07, 6.45) is 4.87. The number of nitrogens with zero attached hydrogens (tertiary/aromatic N) is 2. The smallest absolute Gasteiger partial charge is 0.363 e. The van der Waals surface area contributed by atoms with E-state index in [0.717, 1.165) is 5.56 Å². The van der Waals surface area contributed by atoms with Crippen molar-refractivity contribution < 1.29 is 9.53 Å². The SMILES string of the molecule is O=C1OC(c2cc(Cl)ccc2Cl)=N/C1=C\c1cccnc1. The molecule has 4 nitrogen and oxygen atoms in total. The summed E-state index contributed by atoms with van der Waals surface area (Å²) in [4.78, 5) is 20.0.